The summed E-state index contributed by atoms with van der Waals surface area (Å²) in [4.78, 5) is 32.7. The molecule has 142 valence electrons. The third kappa shape index (κ3) is 2.31. The van der Waals surface area contributed by atoms with Gasteiger partial charge in [-0.2, -0.15) is 0 Å². The number of furan rings is 1. The predicted octanol–water partition coefficient (Wildman–Crippen LogP) is 2.97. The third-order valence-electron chi connectivity index (χ3n) is 5.38. The molecule has 1 aliphatic rings. The van der Waals surface area contributed by atoms with E-state index in [1.807, 2.05) is 12.1 Å². The molecule has 0 saturated heterocycles. The maximum absolute atomic E-state index is 13.1. The summed E-state index contributed by atoms with van der Waals surface area (Å²) in [5, 5.41) is 0.658. The fourth-order valence-electron chi connectivity index (χ4n) is 3.76. The first kappa shape index (κ1) is 17.0. The number of carbonyl (C=O) groups excluding carboxylic acids is 1. The van der Waals surface area contributed by atoms with Crippen LogP contribution in [0.3, 0.4) is 0 Å². The van der Waals surface area contributed by atoms with Crippen LogP contribution in [0.1, 0.15) is 21.0 Å². The molecule has 1 aromatic carbocycles. The third-order valence-corrected chi connectivity index (χ3v) is 6.57. The van der Waals surface area contributed by atoms with E-state index in [-0.39, 0.29) is 11.6 Å². The minimum absolute atomic E-state index is 0.114. The van der Waals surface area contributed by atoms with Crippen LogP contribution in [-0.4, -0.2) is 27.1 Å². The van der Waals surface area contributed by atoms with Crippen molar-refractivity contribution in [2.24, 2.45) is 14.1 Å². The molecule has 1 aliphatic carbocycles. The first-order chi connectivity index (χ1) is 13.5. The number of carbonyl (C=O) groups is 1. The highest BCUT2D eigenvalue weighted by molar-refractivity contribution is 7.16. The summed E-state index contributed by atoms with van der Waals surface area (Å²) in [7, 11) is 5.17. The molecule has 0 saturated carbocycles. The van der Waals surface area contributed by atoms with E-state index < -0.39 is 0 Å². The maximum Gasteiger partial charge on any atom is 0.328 e. The van der Waals surface area contributed by atoms with Gasteiger partial charge in [0.1, 0.15) is 5.76 Å². The fourth-order valence-corrected chi connectivity index (χ4v) is 4.79. The van der Waals surface area contributed by atoms with Gasteiger partial charge in [-0.1, -0.05) is 0 Å². The molecule has 0 spiro atoms. The lowest BCUT2D eigenvalue weighted by Gasteiger charge is -2.14. The maximum atomic E-state index is 13.1. The molecule has 4 aromatic rings. The van der Waals surface area contributed by atoms with Gasteiger partial charge in [-0.05, 0) is 30.7 Å². The van der Waals surface area contributed by atoms with Gasteiger partial charge in [-0.25, -0.2) is 9.78 Å². The molecule has 0 N–H and O–H groups in total. The summed E-state index contributed by atoms with van der Waals surface area (Å²) >= 11 is 1.54. The van der Waals surface area contributed by atoms with Crippen LogP contribution in [0.5, 0.6) is 0 Å². The number of nitrogens with zero attached hydrogens (tertiary/aromatic N) is 4. The Bertz CT molecular complexity index is 1310. The second-order valence-electron chi connectivity index (χ2n) is 6.99. The van der Waals surface area contributed by atoms with E-state index in [0.29, 0.717) is 10.7 Å². The quantitative estimate of drug-likeness (QED) is 0.524. The number of aryl methyl sites for hydroxylation is 4. The summed E-state index contributed by atoms with van der Waals surface area (Å²) in [5.74, 6) is 0.797. The van der Waals surface area contributed by atoms with Crippen LogP contribution in [0, 0.1) is 0 Å². The number of aromatic nitrogens is 3. The molecule has 5 rings (SSSR count). The van der Waals surface area contributed by atoms with Gasteiger partial charge in [0.15, 0.2) is 5.13 Å². The molecule has 0 bridgehead atoms. The highest BCUT2D eigenvalue weighted by Gasteiger charge is 2.26. The zero-order valence-electron chi connectivity index (χ0n) is 15.7. The molecule has 0 unspecified atom stereocenters. The van der Waals surface area contributed by atoms with Gasteiger partial charge in [0.05, 0.1) is 23.0 Å². The van der Waals surface area contributed by atoms with E-state index in [1.54, 1.807) is 53.6 Å². The minimum atomic E-state index is -0.156. The van der Waals surface area contributed by atoms with Crippen molar-refractivity contribution in [3.8, 4) is 11.3 Å². The van der Waals surface area contributed by atoms with E-state index in [9.17, 15) is 9.59 Å². The number of amides is 1. The van der Waals surface area contributed by atoms with Crippen LogP contribution in [0.25, 0.3) is 22.3 Å². The number of hydrogen-bond donors (Lipinski definition) is 0. The first-order valence-electron chi connectivity index (χ1n) is 8.95. The number of rotatable bonds is 2. The lowest BCUT2D eigenvalue weighted by molar-refractivity contribution is 0.0993. The summed E-state index contributed by atoms with van der Waals surface area (Å²) < 4.78 is 8.64. The van der Waals surface area contributed by atoms with E-state index in [2.05, 4.69) is 0 Å². The Balaban J connectivity index is 1.52. The van der Waals surface area contributed by atoms with Gasteiger partial charge in [0.2, 0.25) is 0 Å². The highest BCUT2D eigenvalue weighted by atomic mass is 32.1. The normalized spacial score (nSPS) is 12.8. The van der Waals surface area contributed by atoms with Crippen molar-refractivity contribution in [1.82, 2.24) is 14.1 Å². The molecule has 28 heavy (non-hydrogen) atoms. The number of benzene rings is 1. The number of imidazole rings is 1. The molecule has 0 radical (unpaired) electrons. The summed E-state index contributed by atoms with van der Waals surface area (Å²) in [6, 6.07) is 7.25. The van der Waals surface area contributed by atoms with E-state index >= 15 is 0 Å². The second kappa shape index (κ2) is 5.93. The summed E-state index contributed by atoms with van der Waals surface area (Å²) in [5.41, 5.74) is 3.86. The number of hydrogen-bond acceptors (Lipinski definition) is 5. The monoisotopic (exact) mass is 394 g/mol. The van der Waals surface area contributed by atoms with Gasteiger partial charge in [-0.3, -0.25) is 18.8 Å². The molecule has 0 atom stereocenters. The smallest absolute Gasteiger partial charge is 0.328 e. The first-order valence-corrected chi connectivity index (χ1v) is 9.77. The Morgan fingerprint density at radius 2 is 1.96 bits per heavy atom. The molecule has 0 fully saturated rings. The summed E-state index contributed by atoms with van der Waals surface area (Å²) in [6.45, 7) is 0. The fraction of sp³-hybridized carbons (Fsp3) is 0.250. The molecule has 3 aromatic heterocycles. The van der Waals surface area contributed by atoms with Crippen LogP contribution in [0.2, 0.25) is 0 Å². The van der Waals surface area contributed by atoms with Crippen molar-refractivity contribution in [2.75, 3.05) is 11.9 Å². The number of anilines is 1. The largest absolute Gasteiger partial charge is 0.469 e. The Labute approximate surface area is 164 Å². The van der Waals surface area contributed by atoms with Crippen LogP contribution < -0.4 is 10.6 Å². The predicted molar refractivity (Wildman–Crippen MR) is 108 cm³/mol. The van der Waals surface area contributed by atoms with Crippen LogP contribution >= 0.6 is 11.3 Å². The van der Waals surface area contributed by atoms with E-state index in [0.717, 1.165) is 40.9 Å². The molecular formula is C20H18N4O3S. The van der Waals surface area contributed by atoms with Crippen molar-refractivity contribution >= 4 is 33.4 Å². The Morgan fingerprint density at radius 3 is 2.79 bits per heavy atom. The SMILES string of the molecule is CN(C(=O)c1ccc2c(c1)n(C)c(=O)n2C)c1nc2c(s1)CCc1occc1-2. The molecular weight excluding hydrogens is 376 g/mol. The van der Waals surface area contributed by atoms with Crippen molar-refractivity contribution in [3.05, 3.63) is 57.2 Å². The van der Waals surface area contributed by atoms with Gasteiger partial charge in [-0.15, -0.1) is 11.3 Å². The van der Waals surface area contributed by atoms with Crippen molar-refractivity contribution in [3.63, 3.8) is 0 Å². The topological polar surface area (TPSA) is 73.3 Å². The van der Waals surface area contributed by atoms with Gasteiger partial charge in [0.25, 0.3) is 5.91 Å². The lowest BCUT2D eigenvalue weighted by Crippen LogP contribution is -2.26. The van der Waals surface area contributed by atoms with E-state index in [1.165, 1.54) is 16.2 Å². The van der Waals surface area contributed by atoms with Crippen LogP contribution in [-0.2, 0) is 26.9 Å². The minimum Gasteiger partial charge on any atom is -0.469 e. The zero-order chi connectivity index (χ0) is 19.6. The van der Waals surface area contributed by atoms with Crippen molar-refractivity contribution < 1.29 is 9.21 Å². The second-order valence-corrected chi connectivity index (χ2v) is 8.06. The molecule has 1 amide bonds. The Hall–Kier alpha value is -3.13. The van der Waals surface area contributed by atoms with E-state index in [4.69, 9.17) is 9.40 Å². The zero-order valence-corrected chi connectivity index (χ0v) is 16.5. The Kier molecular flexibility index (Phi) is 3.60. The van der Waals surface area contributed by atoms with Crippen molar-refractivity contribution in [1.29, 1.82) is 0 Å². The molecule has 8 heteroatoms. The molecule has 3 heterocycles. The summed E-state index contributed by atoms with van der Waals surface area (Å²) in [6.07, 6.45) is 3.41. The highest BCUT2D eigenvalue weighted by Crippen LogP contribution is 2.39. The van der Waals surface area contributed by atoms with Gasteiger partial charge < -0.3 is 4.42 Å². The van der Waals surface area contributed by atoms with Crippen molar-refractivity contribution in [2.45, 2.75) is 12.8 Å². The average Bonchev–Trinajstić information content (AvgIpc) is 3.40. The lowest BCUT2D eigenvalue weighted by atomic mass is 10.0. The number of fused-ring (bicyclic) bond motifs is 4. The van der Waals surface area contributed by atoms with Gasteiger partial charge >= 0.3 is 5.69 Å². The van der Waals surface area contributed by atoms with Crippen LogP contribution in [0.15, 0.2) is 39.7 Å². The molecule has 0 aliphatic heterocycles. The Morgan fingerprint density at radius 1 is 1.18 bits per heavy atom. The average molecular weight is 394 g/mol. The number of thiazole rings is 1. The van der Waals surface area contributed by atoms with Gasteiger partial charge in [0, 0.05) is 43.6 Å². The molecule has 7 nitrogen and oxygen atoms in total. The van der Waals surface area contributed by atoms with Crippen LogP contribution in [0.4, 0.5) is 5.13 Å². The standard InChI is InChI=1S/C20H18N4O3S/c1-22-13-5-4-11(10-14(13)23(2)20(22)26)18(25)24(3)19-21-17-12-8-9-27-15(12)6-7-16(17)28-19/h4-5,8-10H,6-7H2,1-3H3.